The molecule has 3 heterocycles. The summed E-state index contributed by atoms with van der Waals surface area (Å²) >= 11 is 0. The summed E-state index contributed by atoms with van der Waals surface area (Å²) in [5, 5.41) is 95.1. The molecule has 8 fully saturated rings. The van der Waals surface area contributed by atoms with Gasteiger partial charge < -0.3 is 79.1 Å². The van der Waals surface area contributed by atoms with Crippen molar-refractivity contribution in [3.8, 4) is 0 Å². The third kappa shape index (κ3) is 6.77. The van der Waals surface area contributed by atoms with Crippen LogP contribution in [-0.2, 0) is 42.7 Å². The Hall–Kier alpha value is -1.88. The number of aliphatic hydroxyl groups is 9. The molecule has 18 heteroatoms. The van der Waals surface area contributed by atoms with Crippen LogP contribution in [0.1, 0.15) is 99.3 Å². The molecule has 0 radical (unpaired) electrons. The van der Waals surface area contributed by atoms with E-state index >= 15 is 0 Å². The van der Waals surface area contributed by atoms with Crippen molar-refractivity contribution >= 4 is 11.9 Å². The maximum Gasteiger partial charge on any atom is 0.337 e. The van der Waals surface area contributed by atoms with Gasteiger partial charge in [-0.3, -0.25) is 4.79 Å². The maximum absolute atomic E-state index is 14.7. The predicted octanol–water partition coefficient (Wildman–Crippen LogP) is 0.180. The van der Waals surface area contributed by atoms with E-state index in [1.807, 2.05) is 0 Å². The molecule has 24 atom stereocenters. The lowest BCUT2D eigenvalue weighted by atomic mass is 9.34. The molecule has 0 amide bonds. The minimum atomic E-state index is -1.79. The van der Waals surface area contributed by atoms with Crippen LogP contribution < -0.4 is 0 Å². The standard InChI is InChI=1S/C47H72O18/c1-42(2)24-10-13-45(5)25(44(24,4)12-11-27(42)62-40-36(32(54)31(53)35(63-40)37(57)59-7)64-38-33(55)28(50)22(49)19-60-38)9-8-20-21-16-43(3)14-15-47(21,26(43)17-46(20,45)6)41(58)65-39-34(56)30(52)29(51)23(18-48)61-39/h8,21-36,38-40,48-56H,9-19H2,1-7H3. The smallest absolute Gasteiger partial charge is 0.337 e. The zero-order valence-corrected chi connectivity index (χ0v) is 38.5. The van der Waals surface area contributed by atoms with Crippen LogP contribution in [0.2, 0.25) is 0 Å². The summed E-state index contributed by atoms with van der Waals surface area (Å²) in [5.41, 5.74) is -0.715. The SMILES string of the molecule is COC(=O)C1OC(OC2CCC3(C)C(CCC4(C)C3CC=C3C5CC6(C)CCC5(C(=O)OC5OC(CO)C(O)C(O)C5O)C6CC34C)C2(C)C)C(OC2OCC(O)C(O)C2O)C(O)C1O. The fraction of sp³-hybridized carbons (Fsp3) is 0.915. The molecule has 0 aromatic heterocycles. The molecule has 5 saturated carbocycles. The van der Waals surface area contributed by atoms with Crippen LogP contribution in [0.5, 0.6) is 0 Å². The number of allylic oxidation sites excluding steroid dienone is 2. The summed E-state index contributed by atoms with van der Waals surface area (Å²) in [6.45, 7) is 12.9. The number of fused-ring (bicyclic) bond motifs is 6. The van der Waals surface area contributed by atoms with Gasteiger partial charge in [0.15, 0.2) is 18.7 Å². The second-order valence-electron chi connectivity index (χ2n) is 22.9. The monoisotopic (exact) mass is 924 g/mol. The maximum atomic E-state index is 14.7. The van der Waals surface area contributed by atoms with Crippen LogP contribution in [0.15, 0.2) is 11.6 Å². The summed E-state index contributed by atoms with van der Waals surface area (Å²) in [5.74, 6) is -1.08. The lowest BCUT2D eigenvalue weighted by molar-refractivity contribution is -0.366. The Labute approximate surface area is 379 Å². The van der Waals surface area contributed by atoms with Crippen molar-refractivity contribution in [3.63, 3.8) is 0 Å². The number of carbonyl (C=O) groups excluding carboxylic acids is 2. The van der Waals surface area contributed by atoms with Crippen molar-refractivity contribution in [1.29, 1.82) is 0 Å². The van der Waals surface area contributed by atoms with Crippen molar-refractivity contribution < 1.29 is 88.7 Å². The van der Waals surface area contributed by atoms with Gasteiger partial charge in [0.05, 0.1) is 31.8 Å². The molecule has 0 aromatic carbocycles. The minimum Gasteiger partial charge on any atom is -0.467 e. The molecule has 3 aliphatic heterocycles. The summed E-state index contributed by atoms with van der Waals surface area (Å²) in [6.07, 6.45) is -12.9. The number of hydrogen-bond acceptors (Lipinski definition) is 18. The lowest BCUT2D eigenvalue weighted by Crippen LogP contribution is -2.67. The quantitative estimate of drug-likeness (QED) is 0.0892. The molecule has 0 spiro atoms. The third-order valence-electron chi connectivity index (χ3n) is 19.8. The van der Waals surface area contributed by atoms with Crippen LogP contribution in [0, 0.1) is 56.2 Å². The van der Waals surface area contributed by atoms with E-state index in [9.17, 15) is 55.5 Å². The van der Waals surface area contributed by atoms with E-state index in [1.165, 1.54) is 5.57 Å². The molecule has 24 unspecified atom stereocenters. The van der Waals surface area contributed by atoms with Crippen molar-refractivity contribution in [1.82, 2.24) is 0 Å². The average Bonchev–Trinajstić information content (AvgIpc) is 3.64. The summed E-state index contributed by atoms with van der Waals surface area (Å²) in [6, 6.07) is 0. The normalized spacial score (nSPS) is 55.6. The minimum absolute atomic E-state index is 0.0111. The first-order chi connectivity index (χ1) is 30.4. The molecule has 3 saturated heterocycles. The molecule has 9 rings (SSSR count). The fourth-order valence-corrected chi connectivity index (χ4v) is 16.0. The van der Waals surface area contributed by atoms with Crippen molar-refractivity contribution in [2.45, 2.75) is 191 Å². The Balaban J connectivity index is 0.970. The van der Waals surface area contributed by atoms with E-state index in [1.54, 1.807) is 0 Å². The number of esters is 2. The topological polar surface area (TPSA) is 281 Å². The first-order valence-electron chi connectivity index (χ1n) is 23.7. The van der Waals surface area contributed by atoms with Crippen molar-refractivity contribution in [2.75, 3.05) is 20.3 Å². The highest BCUT2D eigenvalue weighted by Gasteiger charge is 2.78. The van der Waals surface area contributed by atoms with E-state index in [0.29, 0.717) is 12.8 Å². The van der Waals surface area contributed by atoms with Crippen molar-refractivity contribution in [2.24, 2.45) is 56.2 Å². The Morgan fingerprint density at radius 1 is 0.723 bits per heavy atom. The molecule has 4 bridgehead atoms. The molecule has 65 heavy (non-hydrogen) atoms. The summed E-state index contributed by atoms with van der Waals surface area (Å²) in [7, 11) is 1.14. The van der Waals surface area contributed by atoms with Crippen LogP contribution in [-0.4, -0.2) is 170 Å². The van der Waals surface area contributed by atoms with E-state index < -0.39 is 121 Å². The zero-order chi connectivity index (χ0) is 47.1. The average molecular weight is 925 g/mol. The number of aliphatic hydroxyl groups excluding tert-OH is 9. The molecule has 0 aromatic rings. The Morgan fingerprint density at radius 3 is 2.12 bits per heavy atom. The van der Waals surface area contributed by atoms with E-state index in [0.717, 1.165) is 52.1 Å². The molecular formula is C47H72O18. The van der Waals surface area contributed by atoms with Gasteiger partial charge in [0, 0.05) is 0 Å². The number of hydrogen-bond donors (Lipinski definition) is 9. The van der Waals surface area contributed by atoms with Crippen LogP contribution >= 0.6 is 0 Å². The van der Waals surface area contributed by atoms with Gasteiger partial charge in [0.1, 0.15) is 61.0 Å². The van der Waals surface area contributed by atoms with E-state index in [-0.39, 0.29) is 51.9 Å². The highest BCUT2D eigenvalue weighted by Crippen LogP contribution is 2.82. The van der Waals surface area contributed by atoms with Gasteiger partial charge in [0.2, 0.25) is 6.29 Å². The summed E-state index contributed by atoms with van der Waals surface area (Å²) < 4.78 is 40.9. The van der Waals surface area contributed by atoms with E-state index in [4.69, 9.17) is 33.2 Å². The van der Waals surface area contributed by atoms with Gasteiger partial charge >= 0.3 is 11.9 Å². The molecular weight excluding hydrogens is 852 g/mol. The molecule has 18 nitrogen and oxygen atoms in total. The first-order valence-corrected chi connectivity index (χ1v) is 23.7. The van der Waals surface area contributed by atoms with Crippen LogP contribution in [0.3, 0.4) is 0 Å². The number of carbonyl (C=O) groups is 2. The highest BCUT2D eigenvalue weighted by molar-refractivity contribution is 5.81. The van der Waals surface area contributed by atoms with Gasteiger partial charge in [-0.05, 0) is 109 Å². The van der Waals surface area contributed by atoms with Gasteiger partial charge in [-0.2, -0.15) is 0 Å². The van der Waals surface area contributed by atoms with Crippen LogP contribution in [0.4, 0.5) is 0 Å². The Bertz CT molecular complexity index is 1880. The fourth-order valence-electron chi connectivity index (χ4n) is 16.0. The van der Waals surface area contributed by atoms with Crippen molar-refractivity contribution in [3.05, 3.63) is 11.6 Å². The third-order valence-corrected chi connectivity index (χ3v) is 19.8. The Morgan fingerprint density at radius 2 is 1.43 bits per heavy atom. The van der Waals surface area contributed by atoms with Gasteiger partial charge in [-0.25, -0.2) is 4.79 Å². The van der Waals surface area contributed by atoms with Gasteiger partial charge in [0.25, 0.3) is 0 Å². The lowest BCUT2D eigenvalue weighted by Gasteiger charge is -2.70. The molecule has 6 aliphatic carbocycles. The number of rotatable bonds is 8. The van der Waals surface area contributed by atoms with Gasteiger partial charge in [-0.1, -0.05) is 53.2 Å². The first kappa shape index (κ1) is 48.2. The summed E-state index contributed by atoms with van der Waals surface area (Å²) in [4.78, 5) is 27.5. The van der Waals surface area contributed by atoms with Crippen LogP contribution in [0.25, 0.3) is 0 Å². The highest BCUT2D eigenvalue weighted by atomic mass is 16.8. The predicted molar refractivity (Wildman–Crippen MR) is 222 cm³/mol. The number of ether oxygens (including phenoxy) is 7. The Kier molecular flexibility index (Phi) is 12.1. The second kappa shape index (κ2) is 16.4. The largest absolute Gasteiger partial charge is 0.467 e. The number of methoxy groups -OCH3 is 1. The zero-order valence-electron chi connectivity index (χ0n) is 38.5. The van der Waals surface area contributed by atoms with Gasteiger partial charge in [-0.15, -0.1) is 0 Å². The molecule has 9 aliphatic rings. The van der Waals surface area contributed by atoms with E-state index in [2.05, 4.69) is 47.6 Å². The molecule has 368 valence electrons. The second-order valence-corrected chi connectivity index (χ2v) is 22.9. The molecule has 9 N–H and O–H groups in total.